The molecule has 328 valence electrons. The van der Waals surface area contributed by atoms with Crippen molar-refractivity contribution in [2.45, 2.75) is 184 Å². The van der Waals surface area contributed by atoms with Gasteiger partial charge in [0.1, 0.15) is 11.7 Å². The minimum Gasteiger partial charge on any atom is -0.481 e. The maximum atomic E-state index is 15.2. The summed E-state index contributed by atoms with van der Waals surface area (Å²) < 4.78 is 25.4. The van der Waals surface area contributed by atoms with E-state index in [1.165, 1.54) is 25.7 Å². The molecule has 8 rings (SSSR count). The fourth-order valence-corrected chi connectivity index (χ4v) is 15.2. The monoisotopic (exact) mass is 811 g/mol. The molecule has 0 amide bonds. The van der Waals surface area contributed by atoms with Crippen LogP contribution in [0.1, 0.15) is 172 Å². The first-order valence-electron chi connectivity index (χ1n) is 23.3. The fraction of sp³-hybridized carbons (Fsp3) is 0.918. The van der Waals surface area contributed by atoms with Gasteiger partial charge in [-0.1, -0.05) is 34.6 Å². The Bertz CT molecular complexity index is 1590. The molecule has 0 aliphatic heterocycles. The summed E-state index contributed by atoms with van der Waals surface area (Å²) >= 11 is 0. The molecule has 8 bridgehead atoms. The lowest BCUT2D eigenvalue weighted by atomic mass is 9.50. The molecule has 0 spiro atoms. The highest BCUT2D eigenvalue weighted by atomic mass is 16.7. The maximum absolute atomic E-state index is 15.2. The number of carboxylic acids is 1. The molecule has 0 aromatic rings. The number of aliphatic carboxylic acids is 1. The summed E-state index contributed by atoms with van der Waals surface area (Å²) in [4.78, 5) is 57.2. The van der Waals surface area contributed by atoms with Crippen LogP contribution >= 0.6 is 0 Å². The second-order valence-corrected chi connectivity index (χ2v) is 23.9. The van der Waals surface area contributed by atoms with Gasteiger partial charge in [-0.3, -0.25) is 19.2 Å². The minimum absolute atomic E-state index is 0.00383. The molecule has 0 saturated heterocycles. The van der Waals surface area contributed by atoms with Crippen LogP contribution in [0.2, 0.25) is 0 Å². The lowest BCUT2D eigenvalue weighted by molar-refractivity contribution is -0.215. The van der Waals surface area contributed by atoms with Gasteiger partial charge in [-0.15, -0.1) is 0 Å². The summed E-state index contributed by atoms with van der Waals surface area (Å²) in [5, 5.41) is 10.5. The van der Waals surface area contributed by atoms with E-state index >= 15 is 9.59 Å². The molecule has 8 aliphatic rings. The molecule has 0 radical (unpaired) electrons. The van der Waals surface area contributed by atoms with E-state index < -0.39 is 51.1 Å². The summed E-state index contributed by atoms with van der Waals surface area (Å²) in [5.74, 6) is 2.55. The Hall–Kier alpha value is -2.16. The molecule has 1 N–H and O–H groups in total. The largest absolute Gasteiger partial charge is 0.481 e. The zero-order chi connectivity index (χ0) is 42.4. The van der Waals surface area contributed by atoms with Crippen LogP contribution in [0.3, 0.4) is 0 Å². The van der Waals surface area contributed by atoms with Crippen molar-refractivity contribution in [1.29, 1.82) is 0 Å². The number of fused-ring (bicyclic) bond motifs is 4. The maximum Gasteiger partial charge on any atom is 0.313 e. The van der Waals surface area contributed by atoms with Gasteiger partial charge in [0.05, 0.1) is 28.3 Å². The topological polar surface area (TPSA) is 125 Å². The third-order valence-electron chi connectivity index (χ3n) is 19.4. The molecular weight excluding hydrogens is 733 g/mol. The van der Waals surface area contributed by atoms with E-state index in [9.17, 15) is 14.7 Å². The standard InChI is InChI=1S/C49H78O9/c1-12-45(7,40(52)56-28-55-24-37-29(2)32-13-14-33(37)22-32)26-47(9,41(53)57-38-23-34-15-16-48(38,10)44(34,5)6)27-46(8,25-43(3,4)39(50)51)42(54)58-49(11)35-18-30-17-31(20-35)21-36(49)19-30/h29-38H,12-28H2,1-11H3,(H,50,51). The van der Waals surface area contributed by atoms with Crippen molar-refractivity contribution >= 4 is 23.9 Å². The van der Waals surface area contributed by atoms with Gasteiger partial charge in [-0.05, 0) is 197 Å². The number of rotatable bonds is 17. The Morgan fingerprint density at radius 3 is 1.79 bits per heavy atom. The molecule has 8 saturated carbocycles. The van der Waals surface area contributed by atoms with Crippen LogP contribution in [0.5, 0.6) is 0 Å². The lowest BCUT2D eigenvalue weighted by Gasteiger charge is -2.59. The second-order valence-electron chi connectivity index (χ2n) is 23.9. The van der Waals surface area contributed by atoms with Gasteiger partial charge in [-0.25, -0.2) is 0 Å². The molecule has 9 heteroatoms. The van der Waals surface area contributed by atoms with Crippen LogP contribution in [0.4, 0.5) is 0 Å². The van der Waals surface area contributed by atoms with Crippen LogP contribution in [-0.2, 0) is 38.1 Å². The molecule has 9 nitrogen and oxygen atoms in total. The molecule has 8 fully saturated rings. The first-order valence-corrected chi connectivity index (χ1v) is 23.3. The third kappa shape index (κ3) is 7.37. The molecule has 0 aromatic heterocycles. The highest BCUT2D eigenvalue weighted by Crippen LogP contribution is 2.67. The van der Waals surface area contributed by atoms with E-state index in [-0.39, 0.29) is 54.8 Å². The third-order valence-corrected chi connectivity index (χ3v) is 19.4. The van der Waals surface area contributed by atoms with Gasteiger partial charge in [0, 0.05) is 5.41 Å². The first kappa shape index (κ1) is 43.9. The number of carbonyl (C=O) groups excluding carboxylic acids is 3. The van der Waals surface area contributed by atoms with Gasteiger partial charge in [-0.2, -0.15) is 0 Å². The van der Waals surface area contributed by atoms with Gasteiger partial charge in [0.15, 0.2) is 6.79 Å². The second kappa shape index (κ2) is 15.0. The van der Waals surface area contributed by atoms with Crippen molar-refractivity contribution in [2.75, 3.05) is 13.4 Å². The van der Waals surface area contributed by atoms with Crippen LogP contribution in [0.25, 0.3) is 0 Å². The van der Waals surface area contributed by atoms with E-state index in [4.69, 9.17) is 18.9 Å². The normalized spacial score (nSPS) is 41.1. The van der Waals surface area contributed by atoms with Gasteiger partial charge in [0.25, 0.3) is 0 Å². The summed E-state index contributed by atoms with van der Waals surface area (Å²) in [6, 6.07) is 0. The van der Waals surface area contributed by atoms with Gasteiger partial charge >= 0.3 is 23.9 Å². The molecule has 58 heavy (non-hydrogen) atoms. The van der Waals surface area contributed by atoms with E-state index in [1.807, 2.05) is 20.8 Å². The molecular formula is C49H78O9. The van der Waals surface area contributed by atoms with Crippen molar-refractivity contribution in [1.82, 2.24) is 0 Å². The summed E-state index contributed by atoms with van der Waals surface area (Å²) in [5.41, 5.74) is -6.00. The van der Waals surface area contributed by atoms with Crippen molar-refractivity contribution < 1.29 is 43.2 Å². The Morgan fingerprint density at radius 1 is 0.690 bits per heavy atom. The van der Waals surface area contributed by atoms with E-state index in [0.717, 1.165) is 50.9 Å². The fourth-order valence-electron chi connectivity index (χ4n) is 15.2. The Balaban J connectivity index is 1.16. The number of hydrogen-bond donors (Lipinski definition) is 1. The molecule has 10 unspecified atom stereocenters. The lowest BCUT2D eigenvalue weighted by Crippen LogP contribution is -2.59. The number of ether oxygens (including phenoxy) is 4. The van der Waals surface area contributed by atoms with Crippen molar-refractivity contribution in [3.8, 4) is 0 Å². The minimum atomic E-state index is -1.38. The van der Waals surface area contributed by atoms with Crippen LogP contribution in [-0.4, -0.2) is 54.1 Å². The van der Waals surface area contributed by atoms with Crippen molar-refractivity contribution in [3.63, 3.8) is 0 Å². The highest BCUT2D eigenvalue weighted by molar-refractivity contribution is 5.84. The van der Waals surface area contributed by atoms with Crippen molar-refractivity contribution in [2.24, 2.45) is 85.8 Å². The number of hydrogen-bond acceptors (Lipinski definition) is 8. The van der Waals surface area contributed by atoms with Crippen LogP contribution < -0.4 is 0 Å². The van der Waals surface area contributed by atoms with E-state index in [1.54, 1.807) is 20.8 Å². The average Bonchev–Trinajstić information content (AvgIpc) is 3.84. The SMILES string of the molecule is CCC(C)(CC(C)(CC(C)(CC(C)(C)C(=O)O)C(=O)OC1(C)C2CC3CC(C2)CC1C3)C(=O)OC1CC2CCC1(C)C2(C)C)C(=O)OCOCC1C2CCC(C2)C1C. The number of carbonyl (C=O) groups is 4. The zero-order valence-corrected chi connectivity index (χ0v) is 38.0. The van der Waals surface area contributed by atoms with Crippen molar-refractivity contribution in [3.05, 3.63) is 0 Å². The van der Waals surface area contributed by atoms with Crippen LogP contribution in [0.15, 0.2) is 0 Å². The summed E-state index contributed by atoms with van der Waals surface area (Å²) in [6.45, 7) is 22.3. The number of esters is 3. The van der Waals surface area contributed by atoms with Gasteiger partial charge in [0.2, 0.25) is 0 Å². The smallest absolute Gasteiger partial charge is 0.313 e. The Labute approximate surface area is 349 Å². The average molecular weight is 811 g/mol. The quantitative estimate of drug-likeness (QED) is 0.0661. The van der Waals surface area contributed by atoms with Gasteiger partial charge < -0.3 is 24.1 Å². The predicted octanol–water partition coefficient (Wildman–Crippen LogP) is 10.4. The van der Waals surface area contributed by atoms with E-state index in [0.29, 0.717) is 48.5 Å². The van der Waals surface area contributed by atoms with E-state index in [2.05, 4.69) is 34.6 Å². The molecule has 10 atom stereocenters. The Kier molecular flexibility index (Phi) is 11.4. The molecule has 0 aromatic carbocycles. The highest BCUT2D eigenvalue weighted by Gasteiger charge is 2.64. The number of carboxylic acid groups (broad SMARTS) is 1. The molecule has 8 aliphatic carbocycles. The zero-order valence-electron chi connectivity index (χ0n) is 38.0. The summed E-state index contributed by atoms with van der Waals surface area (Å²) in [6.07, 6.45) is 12.3. The summed E-state index contributed by atoms with van der Waals surface area (Å²) in [7, 11) is 0. The molecule has 0 heterocycles. The predicted molar refractivity (Wildman–Crippen MR) is 221 cm³/mol. The van der Waals surface area contributed by atoms with Crippen LogP contribution in [0, 0.1) is 85.8 Å². The first-order chi connectivity index (χ1) is 26.9. The Morgan fingerprint density at radius 2 is 1.28 bits per heavy atom.